The number of halogens is 1. The summed E-state index contributed by atoms with van der Waals surface area (Å²) < 4.78 is 13.7. The van der Waals surface area contributed by atoms with Gasteiger partial charge in [0.2, 0.25) is 0 Å². The van der Waals surface area contributed by atoms with Crippen molar-refractivity contribution < 1.29 is 4.39 Å². The van der Waals surface area contributed by atoms with Crippen LogP contribution < -0.4 is 5.32 Å². The van der Waals surface area contributed by atoms with Crippen molar-refractivity contribution in [1.82, 2.24) is 5.32 Å². The third-order valence-electron chi connectivity index (χ3n) is 3.54. The molecule has 1 fully saturated rings. The third kappa shape index (κ3) is 4.41. The second kappa shape index (κ2) is 5.83. The molecule has 0 saturated carbocycles. The first-order chi connectivity index (χ1) is 8.53. The van der Waals surface area contributed by atoms with Gasteiger partial charge in [0.25, 0.3) is 0 Å². The van der Waals surface area contributed by atoms with E-state index in [1.807, 2.05) is 6.07 Å². The van der Waals surface area contributed by atoms with E-state index in [0.717, 1.165) is 31.0 Å². The second-order valence-electron chi connectivity index (χ2n) is 6.13. The molecule has 0 bridgehead atoms. The Bertz CT molecular complexity index is 375. The average molecular weight is 249 g/mol. The molecule has 0 aliphatic carbocycles. The van der Waals surface area contributed by atoms with Crippen molar-refractivity contribution in [3.63, 3.8) is 0 Å². The van der Waals surface area contributed by atoms with Gasteiger partial charge in [0, 0.05) is 6.42 Å². The van der Waals surface area contributed by atoms with E-state index in [4.69, 9.17) is 0 Å². The zero-order valence-electron chi connectivity index (χ0n) is 11.5. The van der Waals surface area contributed by atoms with Gasteiger partial charge in [-0.05, 0) is 63.2 Å². The summed E-state index contributed by atoms with van der Waals surface area (Å²) in [7, 11) is 0. The topological polar surface area (TPSA) is 12.0 Å². The van der Waals surface area contributed by atoms with E-state index >= 15 is 0 Å². The molecule has 1 saturated heterocycles. The lowest BCUT2D eigenvalue weighted by atomic mass is 9.90. The Hall–Kier alpha value is -0.890. The van der Waals surface area contributed by atoms with E-state index < -0.39 is 5.67 Å². The first-order valence-electron chi connectivity index (χ1n) is 7.00. The monoisotopic (exact) mass is 249 g/mol. The van der Waals surface area contributed by atoms with Gasteiger partial charge in [-0.25, -0.2) is 4.39 Å². The maximum Gasteiger partial charge on any atom is 0.109 e. The summed E-state index contributed by atoms with van der Waals surface area (Å²) in [5.74, 6) is 0.743. The van der Waals surface area contributed by atoms with Crippen molar-refractivity contribution in [3.05, 3.63) is 35.4 Å². The minimum atomic E-state index is -1.12. The highest BCUT2D eigenvalue weighted by Gasteiger charge is 2.17. The smallest absolute Gasteiger partial charge is 0.109 e. The van der Waals surface area contributed by atoms with E-state index in [-0.39, 0.29) is 0 Å². The highest BCUT2D eigenvalue weighted by atomic mass is 19.1. The van der Waals surface area contributed by atoms with Crippen molar-refractivity contribution in [1.29, 1.82) is 0 Å². The van der Waals surface area contributed by atoms with Crippen molar-refractivity contribution in [2.45, 2.75) is 45.2 Å². The third-order valence-corrected chi connectivity index (χ3v) is 3.54. The highest BCUT2D eigenvalue weighted by molar-refractivity contribution is 5.25. The molecule has 0 spiro atoms. The quantitative estimate of drug-likeness (QED) is 0.861. The maximum atomic E-state index is 13.7. The zero-order valence-corrected chi connectivity index (χ0v) is 11.5. The van der Waals surface area contributed by atoms with Gasteiger partial charge in [-0.2, -0.15) is 0 Å². The van der Waals surface area contributed by atoms with E-state index in [1.165, 1.54) is 18.4 Å². The molecule has 1 nitrogen and oxygen atoms in total. The predicted octanol–water partition coefficient (Wildman–Crippen LogP) is 3.52. The Kier molecular flexibility index (Phi) is 4.39. The minimum absolute atomic E-state index is 0.504. The Morgan fingerprint density at radius 2 is 2.11 bits per heavy atom. The molecular formula is C16H24FN. The van der Waals surface area contributed by atoms with Gasteiger partial charge in [-0.1, -0.05) is 24.3 Å². The second-order valence-corrected chi connectivity index (χ2v) is 6.13. The SMILES string of the molecule is CC(C)(F)Cc1cccc(CC2CCCNC2)c1. The lowest BCUT2D eigenvalue weighted by molar-refractivity contribution is 0.217. The number of hydrogen-bond acceptors (Lipinski definition) is 1. The summed E-state index contributed by atoms with van der Waals surface area (Å²) in [6.07, 6.45) is 4.21. The van der Waals surface area contributed by atoms with Gasteiger partial charge in [0.15, 0.2) is 0 Å². The van der Waals surface area contributed by atoms with Gasteiger partial charge >= 0.3 is 0 Å². The van der Waals surface area contributed by atoms with Crippen LogP contribution >= 0.6 is 0 Å². The molecule has 0 amide bonds. The molecular weight excluding hydrogens is 225 g/mol. The lowest BCUT2D eigenvalue weighted by Crippen LogP contribution is -2.30. The summed E-state index contributed by atoms with van der Waals surface area (Å²) >= 11 is 0. The Balaban J connectivity index is 1.98. The van der Waals surface area contributed by atoms with Gasteiger partial charge in [0.1, 0.15) is 5.67 Å². The number of nitrogens with one attached hydrogen (secondary N) is 1. The van der Waals surface area contributed by atoms with E-state index in [9.17, 15) is 4.39 Å². The molecule has 1 aromatic carbocycles. The van der Waals surface area contributed by atoms with E-state index in [1.54, 1.807) is 13.8 Å². The van der Waals surface area contributed by atoms with Crippen LogP contribution in [0.3, 0.4) is 0 Å². The van der Waals surface area contributed by atoms with Crippen LogP contribution in [0.25, 0.3) is 0 Å². The van der Waals surface area contributed by atoms with E-state index in [2.05, 4.69) is 23.5 Å². The van der Waals surface area contributed by atoms with Crippen LogP contribution in [0.5, 0.6) is 0 Å². The Morgan fingerprint density at radius 3 is 2.78 bits per heavy atom. The Labute approximate surface area is 110 Å². The largest absolute Gasteiger partial charge is 0.316 e. The predicted molar refractivity (Wildman–Crippen MR) is 74.6 cm³/mol. The number of alkyl halides is 1. The number of hydrogen-bond donors (Lipinski definition) is 1. The standard InChI is InChI=1S/C16H24FN/c1-16(2,17)11-14-6-3-5-13(9-14)10-15-7-4-8-18-12-15/h3,5-6,9,15,18H,4,7-8,10-12H2,1-2H3. The maximum absolute atomic E-state index is 13.7. The molecule has 2 heteroatoms. The molecule has 18 heavy (non-hydrogen) atoms. The zero-order chi connectivity index (χ0) is 13.0. The van der Waals surface area contributed by atoms with Crippen molar-refractivity contribution in [2.75, 3.05) is 13.1 Å². The normalized spacial score (nSPS) is 20.9. The van der Waals surface area contributed by atoms with Crippen LogP contribution in [0.15, 0.2) is 24.3 Å². The van der Waals surface area contributed by atoms with Crippen LogP contribution in [-0.4, -0.2) is 18.8 Å². The summed E-state index contributed by atoms with van der Waals surface area (Å²) in [4.78, 5) is 0. The molecule has 100 valence electrons. The first kappa shape index (κ1) is 13.5. The fourth-order valence-corrected chi connectivity index (χ4v) is 2.78. The fraction of sp³-hybridized carbons (Fsp3) is 0.625. The molecule has 2 rings (SSSR count). The summed E-state index contributed by atoms with van der Waals surface area (Å²) in [5.41, 5.74) is 1.35. The highest BCUT2D eigenvalue weighted by Crippen LogP contribution is 2.20. The lowest BCUT2D eigenvalue weighted by Gasteiger charge is -2.23. The van der Waals surface area contributed by atoms with Crippen molar-refractivity contribution in [2.24, 2.45) is 5.92 Å². The van der Waals surface area contributed by atoms with Gasteiger partial charge in [0.05, 0.1) is 0 Å². The minimum Gasteiger partial charge on any atom is -0.316 e. The summed E-state index contributed by atoms with van der Waals surface area (Å²) in [6, 6.07) is 8.44. The Morgan fingerprint density at radius 1 is 1.33 bits per heavy atom. The van der Waals surface area contributed by atoms with Gasteiger partial charge in [-0.15, -0.1) is 0 Å². The number of benzene rings is 1. The van der Waals surface area contributed by atoms with Crippen molar-refractivity contribution >= 4 is 0 Å². The summed E-state index contributed by atoms with van der Waals surface area (Å²) in [5, 5.41) is 3.45. The molecule has 1 heterocycles. The fourth-order valence-electron chi connectivity index (χ4n) is 2.78. The summed E-state index contributed by atoms with van der Waals surface area (Å²) in [6.45, 7) is 5.57. The van der Waals surface area contributed by atoms with Crippen LogP contribution in [0, 0.1) is 5.92 Å². The molecule has 0 radical (unpaired) electrons. The van der Waals surface area contributed by atoms with Gasteiger partial charge in [-0.3, -0.25) is 0 Å². The van der Waals surface area contributed by atoms with Crippen LogP contribution in [0.1, 0.15) is 37.8 Å². The molecule has 1 atom stereocenters. The van der Waals surface area contributed by atoms with Crippen LogP contribution in [-0.2, 0) is 12.8 Å². The van der Waals surface area contributed by atoms with Crippen LogP contribution in [0.2, 0.25) is 0 Å². The van der Waals surface area contributed by atoms with E-state index in [0.29, 0.717) is 6.42 Å². The molecule has 0 aromatic heterocycles. The number of piperidine rings is 1. The van der Waals surface area contributed by atoms with Crippen molar-refractivity contribution in [3.8, 4) is 0 Å². The molecule has 1 unspecified atom stereocenters. The van der Waals surface area contributed by atoms with Gasteiger partial charge < -0.3 is 5.32 Å². The number of rotatable bonds is 4. The average Bonchev–Trinajstić information content (AvgIpc) is 2.28. The molecule has 1 N–H and O–H groups in total. The first-order valence-corrected chi connectivity index (χ1v) is 7.00. The molecule has 1 aliphatic heterocycles. The molecule has 1 aromatic rings. The molecule has 1 aliphatic rings. The van der Waals surface area contributed by atoms with Crippen LogP contribution in [0.4, 0.5) is 4.39 Å².